The number of cyclic esters (lactones) is 2. The summed E-state index contributed by atoms with van der Waals surface area (Å²) in [6.07, 6.45) is 4.59. The maximum Gasteiger partial charge on any atom is 0.338 e. The van der Waals surface area contributed by atoms with E-state index in [1.807, 2.05) is 13.0 Å². The Morgan fingerprint density at radius 1 is 1.08 bits per heavy atom. The van der Waals surface area contributed by atoms with E-state index >= 15 is 0 Å². The Balaban J connectivity index is 1.25. The van der Waals surface area contributed by atoms with Gasteiger partial charge >= 0.3 is 11.9 Å². The van der Waals surface area contributed by atoms with E-state index in [9.17, 15) is 19.5 Å². The van der Waals surface area contributed by atoms with Gasteiger partial charge in [-0.05, 0) is 76.1 Å². The Morgan fingerprint density at radius 2 is 1.81 bits per heavy atom. The summed E-state index contributed by atoms with van der Waals surface area (Å²) >= 11 is 0. The highest BCUT2D eigenvalue weighted by atomic mass is 16.5. The van der Waals surface area contributed by atoms with Gasteiger partial charge in [0.25, 0.3) is 0 Å². The molecule has 36 heavy (non-hydrogen) atoms. The number of hydrogen-bond donors (Lipinski definition) is 1. The summed E-state index contributed by atoms with van der Waals surface area (Å²) in [4.78, 5) is 41.3. The molecule has 4 aliphatic rings. The zero-order valence-electron chi connectivity index (χ0n) is 21.5. The van der Waals surface area contributed by atoms with Crippen LogP contribution in [0.4, 0.5) is 0 Å². The molecule has 8 nitrogen and oxygen atoms in total. The number of rotatable bonds is 7. The number of benzene rings is 1. The summed E-state index contributed by atoms with van der Waals surface area (Å²) < 4.78 is 10.3. The van der Waals surface area contributed by atoms with Gasteiger partial charge in [0.05, 0.1) is 28.4 Å². The molecule has 1 atom stereocenters. The summed E-state index contributed by atoms with van der Waals surface area (Å²) in [5.74, 6) is -0.480. The maximum absolute atomic E-state index is 13.5. The molecule has 1 spiro atoms. The van der Waals surface area contributed by atoms with Gasteiger partial charge in [-0.2, -0.15) is 0 Å². The van der Waals surface area contributed by atoms with Crippen molar-refractivity contribution in [2.45, 2.75) is 78.0 Å². The van der Waals surface area contributed by atoms with Gasteiger partial charge in [0.15, 0.2) is 0 Å². The van der Waals surface area contributed by atoms with E-state index < -0.39 is 6.10 Å². The molecule has 1 aromatic carbocycles. The van der Waals surface area contributed by atoms with Crippen LogP contribution >= 0.6 is 0 Å². The van der Waals surface area contributed by atoms with Crippen LogP contribution in [0.5, 0.6) is 0 Å². The molecule has 194 valence electrons. The van der Waals surface area contributed by atoms with Crippen LogP contribution in [-0.2, 0) is 25.7 Å². The second-order valence-corrected chi connectivity index (χ2v) is 10.8. The Labute approximate surface area is 212 Å². The minimum atomic E-state index is -0.660. The van der Waals surface area contributed by atoms with Gasteiger partial charge in [0.2, 0.25) is 5.91 Å². The summed E-state index contributed by atoms with van der Waals surface area (Å²) in [5.41, 5.74) is 4.18. The number of nitrogens with zero attached hydrogens (tertiary/aromatic N) is 2. The fraction of sp³-hybridized carbons (Fsp3) is 0.607. The normalized spacial score (nSPS) is 26.8. The molecule has 1 saturated heterocycles. The number of aliphatic hydroxyl groups is 1. The van der Waals surface area contributed by atoms with E-state index in [1.54, 1.807) is 17.9 Å². The van der Waals surface area contributed by atoms with E-state index in [-0.39, 0.29) is 36.5 Å². The highest BCUT2D eigenvalue weighted by Crippen LogP contribution is 2.47. The van der Waals surface area contributed by atoms with E-state index in [0.717, 1.165) is 67.5 Å². The molecule has 3 heterocycles. The van der Waals surface area contributed by atoms with Crippen molar-refractivity contribution in [1.29, 1.82) is 0 Å². The van der Waals surface area contributed by atoms with Crippen molar-refractivity contribution in [2.24, 2.45) is 5.41 Å². The Kier molecular flexibility index (Phi) is 6.68. The Bertz CT molecular complexity index is 1120. The zero-order chi connectivity index (χ0) is 25.6. The predicted molar refractivity (Wildman–Crippen MR) is 132 cm³/mol. The molecule has 1 aromatic rings. The Morgan fingerprint density at radius 3 is 2.47 bits per heavy atom. The molecule has 8 heteroatoms. The first-order chi connectivity index (χ1) is 17.3. The molecule has 0 radical (unpaired) electrons. The number of aliphatic hydroxyl groups excluding tert-OH is 1. The highest BCUT2D eigenvalue weighted by Gasteiger charge is 2.50. The lowest BCUT2D eigenvalue weighted by Gasteiger charge is -2.41. The molecule has 0 aromatic heterocycles. The van der Waals surface area contributed by atoms with Crippen LogP contribution in [0.2, 0.25) is 0 Å². The molecule has 1 saturated carbocycles. The average Bonchev–Trinajstić information content (AvgIpc) is 3.51. The number of esters is 2. The van der Waals surface area contributed by atoms with E-state index in [4.69, 9.17) is 9.47 Å². The monoisotopic (exact) mass is 496 g/mol. The topological polar surface area (TPSA) is 96.4 Å². The number of hydrogen-bond acceptors (Lipinski definition) is 7. The van der Waals surface area contributed by atoms with Gasteiger partial charge in [0.1, 0.15) is 13.2 Å². The number of fused-ring (bicyclic) bond motifs is 1. The molecular formula is C28H36N2O6. The average molecular weight is 497 g/mol. The summed E-state index contributed by atoms with van der Waals surface area (Å²) in [6.45, 7) is 8.34. The quantitative estimate of drug-likeness (QED) is 0.578. The lowest BCUT2D eigenvalue weighted by molar-refractivity contribution is -0.138. The number of likely N-dealkylation sites (tertiary alicyclic amines) is 1. The Hall–Kier alpha value is -2.71. The van der Waals surface area contributed by atoms with Gasteiger partial charge < -0.3 is 19.5 Å². The summed E-state index contributed by atoms with van der Waals surface area (Å²) in [7, 11) is 0. The van der Waals surface area contributed by atoms with Gasteiger partial charge in [-0.15, -0.1) is 0 Å². The fourth-order valence-corrected chi connectivity index (χ4v) is 6.57. The third kappa shape index (κ3) is 4.14. The summed E-state index contributed by atoms with van der Waals surface area (Å²) in [5, 5.41) is 11.2. The van der Waals surface area contributed by atoms with Crippen molar-refractivity contribution in [3.8, 4) is 0 Å². The lowest BCUT2D eigenvalue weighted by Crippen LogP contribution is -2.45. The van der Waals surface area contributed by atoms with Crippen LogP contribution in [0.1, 0.15) is 85.5 Å². The smallest absolute Gasteiger partial charge is 0.338 e. The van der Waals surface area contributed by atoms with E-state index in [1.165, 1.54) is 0 Å². The molecule has 2 fully saturated rings. The zero-order valence-corrected chi connectivity index (χ0v) is 21.5. The SMILES string of the molecule is CCCN(C[C@@H](O)c1ccc2c(c1C)COC2=O)C1CCC2(CC1)CCN(C1=C(C)C(=O)OC1)C2=O. The molecule has 1 N–H and O–H groups in total. The third-order valence-electron chi connectivity index (χ3n) is 8.83. The third-order valence-corrected chi connectivity index (χ3v) is 8.83. The van der Waals surface area contributed by atoms with Crippen LogP contribution in [0.25, 0.3) is 0 Å². The van der Waals surface area contributed by atoms with Crippen molar-refractivity contribution < 1.29 is 29.0 Å². The molecule has 5 rings (SSSR count). The van der Waals surface area contributed by atoms with E-state index in [0.29, 0.717) is 30.3 Å². The minimum absolute atomic E-state index is 0.140. The first-order valence-electron chi connectivity index (χ1n) is 13.2. The van der Waals surface area contributed by atoms with Gasteiger partial charge in [-0.3, -0.25) is 9.69 Å². The van der Waals surface area contributed by atoms with Gasteiger partial charge in [-0.1, -0.05) is 13.0 Å². The van der Waals surface area contributed by atoms with Gasteiger partial charge in [0, 0.05) is 24.7 Å². The lowest BCUT2D eigenvalue weighted by atomic mass is 9.71. The van der Waals surface area contributed by atoms with Crippen molar-refractivity contribution in [2.75, 3.05) is 26.2 Å². The number of amides is 1. The molecule has 3 aliphatic heterocycles. The van der Waals surface area contributed by atoms with Crippen LogP contribution < -0.4 is 0 Å². The second-order valence-electron chi connectivity index (χ2n) is 10.8. The van der Waals surface area contributed by atoms with Gasteiger partial charge in [-0.25, -0.2) is 9.59 Å². The number of carbonyl (C=O) groups is 3. The van der Waals surface area contributed by atoms with Crippen LogP contribution in [-0.4, -0.2) is 65.0 Å². The van der Waals surface area contributed by atoms with Crippen molar-refractivity contribution in [3.05, 3.63) is 45.7 Å². The predicted octanol–water partition coefficient (Wildman–Crippen LogP) is 3.40. The standard InChI is InChI=1S/C28H36N2O6/c1-4-12-29(14-24(31)20-5-6-21-22(17(20)2)15-35-26(21)33)19-7-9-28(10-8-19)11-13-30(27(28)34)23-16-36-25(32)18(23)3/h5-6,19,24,31H,4,7-16H2,1-3H3/t19?,24-,28?/m1/s1. The summed E-state index contributed by atoms with van der Waals surface area (Å²) in [6, 6.07) is 3.93. The van der Waals surface area contributed by atoms with Crippen LogP contribution in [0.3, 0.4) is 0 Å². The molecule has 0 bridgehead atoms. The first kappa shape index (κ1) is 25.0. The second kappa shape index (κ2) is 9.63. The fourth-order valence-electron chi connectivity index (χ4n) is 6.57. The van der Waals surface area contributed by atoms with Crippen molar-refractivity contribution >= 4 is 17.8 Å². The first-order valence-corrected chi connectivity index (χ1v) is 13.2. The number of ether oxygens (including phenoxy) is 2. The number of carbonyl (C=O) groups excluding carboxylic acids is 3. The van der Waals surface area contributed by atoms with Crippen LogP contribution in [0, 0.1) is 12.3 Å². The minimum Gasteiger partial charge on any atom is -0.457 e. The molecule has 0 unspecified atom stereocenters. The largest absolute Gasteiger partial charge is 0.457 e. The molecular weight excluding hydrogens is 460 g/mol. The van der Waals surface area contributed by atoms with Crippen molar-refractivity contribution in [1.82, 2.24) is 9.80 Å². The maximum atomic E-state index is 13.5. The van der Waals surface area contributed by atoms with E-state index in [2.05, 4.69) is 11.8 Å². The van der Waals surface area contributed by atoms with Crippen molar-refractivity contribution in [3.63, 3.8) is 0 Å². The molecule has 1 amide bonds. The molecule has 1 aliphatic carbocycles. The highest BCUT2D eigenvalue weighted by molar-refractivity contribution is 5.94. The van der Waals surface area contributed by atoms with Crippen LogP contribution in [0.15, 0.2) is 23.4 Å².